The fraction of sp³-hybridized carbons (Fsp3) is 0.0435. The second-order valence-electron chi connectivity index (χ2n) is 6.61. The predicted octanol–water partition coefficient (Wildman–Crippen LogP) is 3.57. The van der Waals surface area contributed by atoms with Gasteiger partial charge in [0.15, 0.2) is 0 Å². The molecule has 7 heteroatoms. The van der Waals surface area contributed by atoms with Crippen LogP contribution >= 0.6 is 0 Å². The van der Waals surface area contributed by atoms with Crippen molar-refractivity contribution in [3.63, 3.8) is 0 Å². The molecule has 30 heavy (non-hydrogen) atoms. The van der Waals surface area contributed by atoms with Crippen LogP contribution < -0.4 is 10.9 Å². The molecule has 0 saturated carbocycles. The summed E-state index contributed by atoms with van der Waals surface area (Å²) in [5.74, 6) is -0.781. The van der Waals surface area contributed by atoms with E-state index < -0.39 is 5.97 Å². The lowest BCUT2D eigenvalue weighted by atomic mass is 10.1. The van der Waals surface area contributed by atoms with Crippen molar-refractivity contribution in [1.29, 1.82) is 5.26 Å². The molecule has 0 atom stereocenters. The van der Waals surface area contributed by atoms with Gasteiger partial charge >= 0.3 is 5.97 Å². The molecule has 0 aliphatic heterocycles. The van der Waals surface area contributed by atoms with Crippen LogP contribution in [0.25, 0.3) is 16.6 Å². The molecule has 0 saturated heterocycles. The van der Waals surface area contributed by atoms with Gasteiger partial charge in [-0.3, -0.25) is 4.79 Å². The van der Waals surface area contributed by atoms with Crippen molar-refractivity contribution < 1.29 is 9.90 Å². The van der Waals surface area contributed by atoms with E-state index in [-0.39, 0.29) is 11.1 Å². The van der Waals surface area contributed by atoms with Crippen molar-refractivity contribution in [3.8, 4) is 11.8 Å². The summed E-state index contributed by atoms with van der Waals surface area (Å²) >= 11 is 0. The highest BCUT2D eigenvalue weighted by molar-refractivity contribution is 5.88. The van der Waals surface area contributed by atoms with Crippen LogP contribution in [0.1, 0.15) is 21.5 Å². The Balaban J connectivity index is 1.82. The van der Waals surface area contributed by atoms with Crippen LogP contribution in [-0.2, 0) is 6.54 Å². The summed E-state index contributed by atoms with van der Waals surface area (Å²) in [6.45, 7) is 0.370. The molecule has 4 rings (SSSR count). The van der Waals surface area contributed by atoms with Crippen molar-refractivity contribution in [1.82, 2.24) is 9.55 Å². The number of fused-ring (bicyclic) bond motifs is 1. The number of anilines is 1. The van der Waals surface area contributed by atoms with Crippen LogP contribution in [0.3, 0.4) is 0 Å². The van der Waals surface area contributed by atoms with E-state index in [1.54, 1.807) is 48.5 Å². The molecular formula is C23H16N4O3. The number of carboxylic acid groups (broad SMARTS) is 1. The summed E-state index contributed by atoms with van der Waals surface area (Å²) in [7, 11) is 0. The number of aromatic carboxylic acids is 1. The Bertz CT molecular complexity index is 1350. The molecule has 0 radical (unpaired) electrons. The summed E-state index contributed by atoms with van der Waals surface area (Å²) < 4.78 is 1.37. The van der Waals surface area contributed by atoms with Crippen molar-refractivity contribution in [2.45, 2.75) is 6.54 Å². The molecule has 146 valence electrons. The number of rotatable bonds is 5. The van der Waals surface area contributed by atoms with Crippen molar-refractivity contribution >= 4 is 22.8 Å². The highest BCUT2D eigenvalue weighted by atomic mass is 16.4. The SMILES string of the molecule is N#Cc1ccc(CNc2nc3ccccc3c(=O)n2-c2cccc(C(=O)O)c2)cc1. The van der Waals surface area contributed by atoms with Crippen LogP contribution in [0.2, 0.25) is 0 Å². The molecule has 2 N–H and O–H groups in total. The fourth-order valence-corrected chi connectivity index (χ4v) is 3.15. The van der Waals surface area contributed by atoms with Gasteiger partial charge in [0.1, 0.15) is 0 Å². The number of nitrogens with zero attached hydrogens (tertiary/aromatic N) is 3. The number of carbonyl (C=O) groups is 1. The third kappa shape index (κ3) is 3.62. The largest absolute Gasteiger partial charge is 0.478 e. The Labute approximate surface area is 171 Å². The number of benzene rings is 3. The first kappa shape index (κ1) is 18.9. The molecule has 0 amide bonds. The van der Waals surface area contributed by atoms with Gasteiger partial charge in [-0.05, 0) is 48.0 Å². The van der Waals surface area contributed by atoms with Gasteiger partial charge < -0.3 is 10.4 Å². The first-order valence-corrected chi connectivity index (χ1v) is 9.15. The zero-order valence-corrected chi connectivity index (χ0v) is 15.7. The van der Waals surface area contributed by atoms with E-state index in [0.29, 0.717) is 34.6 Å². The number of nitrogens with one attached hydrogen (secondary N) is 1. The van der Waals surface area contributed by atoms with Crippen LogP contribution in [0.4, 0.5) is 5.95 Å². The maximum absolute atomic E-state index is 13.2. The van der Waals surface area contributed by atoms with Gasteiger partial charge in [0.25, 0.3) is 5.56 Å². The molecule has 4 aromatic rings. The minimum atomic E-state index is -1.08. The minimum Gasteiger partial charge on any atom is -0.478 e. The second kappa shape index (κ2) is 7.89. The van der Waals surface area contributed by atoms with E-state index in [9.17, 15) is 14.7 Å². The maximum Gasteiger partial charge on any atom is 0.335 e. The second-order valence-corrected chi connectivity index (χ2v) is 6.61. The smallest absolute Gasteiger partial charge is 0.335 e. The fourth-order valence-electron chi connectivity index (χ4n) is 3.15. The molecular weight excluding hydrogens is 380 g/mol. The quantitative estimate of drug-likeness (QED) is 0.534. The molecule has 0 bridgehead atoms. The number of aromatic nitrogens is 2. The molecule has 0 aliphatic carbocycles. The summed E-state index contributed by atoms with van der Waals surface area (Å²) in [6, 6.07) is 22.3. The van der Waals surface area contributed by atoms with Gasteiger partial charge in [-0.2, -0.15) is 5.26 Å². The summed E-state index contributed by atoms with van der Waals surface area (Å²) in [4.78, 5) is 29.2. The lowest BCUT2D eigenvalue weighted by Crippen LogP contribution is -2.24. The highest BCUT2D eigenvalue weighted by Gasteiger charge is 2.14. The summed E-state index contributed by atoms with van der Waals surface area (Å²) in [6.07, 6.45) is 0. The van der Waals surface area contributed by atoms with Gasteiger partial charge in [0, 0.05) is 6.54 Å². The van der Waals surface area contributed by atoms with Gasteiger partial charge in [0.05, 0.1) is 33.8 Å². The molecule has 0 spiro atoms. The lowest BCUT2D eigenvalue weighted by molar-refractivity contribution is 0.0697. The Kier molecular flexibility index (Phi) is 4.97. The van der Waals surface area contributed by atoms with Gasteiger partial charge in [-0.15, -0.1) is 0 Å². The molecule has 1 heterocycles. The Morgan fingerprint density at radius 3 is 2.57 bits per heavy atom. The molecule has 0 fully saturated rings. The van der Waals surface area contributed by atoms with E-state index in [2.05, 4.69) is 16.4 Å². The predicted molar refractivity (Wildman–Crippen MR) is 113 cm³/mol. The van der Waals surface area contributed by atoms with Crippen LogP contribution in [0.5, 0.6) is 0 Å². The van der Waals surface area contributed by atoms with Gasteiger partial charge in [-0.25, -0.2) is 14.3 Å². The number of carboxylic acids is 1. The summed E-state index contributed by atoms with van der Waals surface area (Å²) in [5, 5.41) is 21.9. The van der Waals surface area contributed by atoms with Crippen molar-refractivity contribution in [3.05, 3.63) is 99.8 Å². The number of nitriles is 1. The Morgan fingerprint density at radius 1 is 1.07 bits per heavy atom. The maximum atomic E-state index is 13.2. The third-order valence-corrected chi connectivity index (χ3v) is 4.66. The van der Waals surface area contributed by atoms with E-state index in [0.717, 1.165) is 5.56 Å². The van der Waals surface area contributed by atoms with Crippen LogP contribution in [-0.4, -0.2) is 20.6 Å². The molecule has 0 unspecified atom stereocenters. The van der Waals surface area contributed by atoms with Crippen molar-refractivity contribution in [2.24, 2.45) is 0 Å². The molecule has 0 aliphatic rings. The van der Waals surface area contributed by atoms with Crippen molar-refractivity contribution in [2.75, 3.05) is 5.32 Å². The average Bonchev–Trinajstić information content (AvgIpc) is 2.78. The number of hydrogen-bond donors (Lipinski definition) is 2. The van der Waals surface area contributed by atoms with Gasteiger partial charge in [-0.1, -0.05) is 30.3 Å². The first-order chi connectivity index (χ1) is 14.6. The van der Waals surface area contributed by atoms with Crippen LogP contribution in [0.15, 0.2) is 77.6 Å². The highest BCUT2D eigenvalue weighted by Crippen LogP contribution is 2.18. The van der Waals surface area contributed by atoms with E-state index in [1.165, 1.54) is 16.7 Å². The first-order valence-electron chi connectivity index (χ1n) is 9.15. The Hall–Kier alpha value is -4.44. The summed E-state index contributed by atoms with van der Waals surface area (Å²) in [5.41, 5.74) is 2.18. The number of para-hydroxylation sites is 1. The van der Waals surface area contributed by atoms with E-state index in [1.807, 2.05) is 12.1 Å². The third-order valence-electron chi connectivity index (χ3n) is 4.66. The zero-order chi connectivity index (χ0) is 21.1. The number of hydrogen-bond acceptors (Lipinski definition) is 5. The zero-order valence-electron chi connectivity index (χ0n) is 15.7. The topological polar surface area (TPSA) is 108 Å². The molecule has 7 nitrogen and oxygen atoms in total. The standard InChI is InChI=1S/C23H16N4O3/c24-13-15-8-10-16(11-9-15)14-25-23-26-20-7-2-1-6-19(20)21(28)27(23)18-5-3-4-17(12-18)22(29)30/h1-12H,14H2,(H,25,26)(H,29,30). The minimum absolute atomic E-state index is 0.0746. The normalized spacial score (nSPS) is 10.5. The average molecular weight is 396 g/mol. The van der Waals surface area contributed by atoms with Gasteiger partial charge in [0.2, 0.25) is 5.95 Å². The Morgan fingerprint density at radius 2 is 1.83 bits per heavy atom. The van der Waals surface area contributed by atoms with Crippen LogP contribution in [0, 0.1) is 11.3 Å². The lowest BCUT2D eigenvalue weighted by Gasteiger charge is -2.15. The van der Waals surface area contributed by atoms with E-state index >= 15 is 0 Å². The monoisotopic (exact) mass is 396 g/mol. The molecule has 1 aromatic heterocycles. The van der Waals surface area contributed by atoms with E-state index in [4.69, 9.17) is 5.26 Å². The molecule has 3 aromatic carbocycles.